The van der Waals surface area contributed by atoms with Crippen LogP contribution in [0, 0.1) is 5.92 Å². The van der Waals surface area contributed by atoms with E-state index in [9.17, 15) is 8.42 Å². The molecule has 1 aliphatic rings. The zero-order valence-electron chi connectivity index (χ0n) is 21.4. The Morgan fingerprint density at radius 3 is 2.47 bits per heavy atom. The predicted octanol–water partition coefficient (Wildman–Crippen LogP) is 5.61. The molecule has 0 N–H and O–H groups in total. The molecular weight excluding hydrogens is 543 g/mol. The molecule has 8 nitrogen and oxygen atoms in total. The summed E-state index contributed by atoms with van der Waals surface area (Å²) in [6.45, 7) is 6.31. The van der Waals surface area contributed by atoms with Crippen molar-refractivity contribution in [3.05, 3.63) is 70.6 Å². The lowest BCUT2D eigenvalue weighted by Gasteiger charge is -2.23. The van der Waals surface area contributed by atoms with Crippen LogP contribution in [-0.4, -0.2) is 58.7 Å². The van der Waals surface area contributed by atoms with Crippen molar-refractivity contribution in [3.63, 3.8) is 0 Å². The Labute approximate surface area is 233 Å². The summed E-state index contributed by atoms with van der Waals surface area (Å²) in [5.41, 5.74) is 1.54. The zero-order chi connectivity index (χ0) is 26.9. The lowest BCUT2D eigenvalue weighted by Crippen LogP contribution is -2.35. The number of hydrogen-bond acceptors (Lipinski definition) is 6. The SMILES string of the molecule is CC(C)CCc1nc(N2CCCN(S(=O)(=O)c3ccc(Cl)cc3)CC2)c2cnn(-c3cccc(Cl)c3)c2n1. The van der Waals surface area contributed by atoms with Gasteiger partial charge >= 0.3 is 0 Å². The molecule has 0 aliphatic carbocycles. The summed E-state index contributed by atoms with van der Waals surface area (Å²) in [6.07, 6.45) is 4.16. The van der Waals surface area contributed by atoms with E-state index < -0.39 is 10.0 Å². The number of sulfonamides is 1. The van der Waals surface area contributed by atoms with Crippen molar-refractivity contribution >= 4 is 50.1 Å². The molecule has 0 saturated carbocycles. The fourth-order valence-corrected chi connectivity index (χ4v) is 6.39. The quantitative estimate of drug-likeness (QED) is 0.286. The molecule has 0 atom stereocenters. The van der Waals surface area contributed by atoms with Gasteiger partial charge in [-0.1, -0.05) is 43.1 Å². The lowest BCUT2D eigenvalue weighted by molar-refractivity contribution is 0.433. The first-order chi connectivity index (χ1) is 18.2. The Balaban J connectivity index is 1.49. The molecule has 0 spiro atoms. The van der Waals surface area contributed by atoms with Gasteiger partial charge in [-0.2, -0.15) is 9.40 Å². The number of aryl methyl sites for hydroxylation is 1. The maximum Gasteiger partial charge on any atom is 0.243 e. The molecule has 200 valence electrons. The van der Waals surface area contributed by atoms with E-state index in [-0.39, 0.29) is 4.90 Å². The van der Waals surface area contributed by atoms with Crippen molar-refractivity contribution < 1.29 is 8.42 Å². The second kappa shape index (κ2) is 11.2. The smallest absolute Gasteiger partial charge is 0.243 e. The van der Waals surface area contributed by atoms with Crippen LogP contribution in [-0.2, 0) is 16.4 Å². The normalized spacial score (nSPS) is 15.3. The van der Waals surface area contributed by atoms with Crippen LogP contribution in [0.2, 0.25) is 10.0 Å². The van der Waals surface area contributed by atoms with Crippen LogP contribution in [0.25, 0.3) is 16.7 Å². The van der Waals surface area contributed by atoms with Crippen molar-refractivity contribution in [2.45, 2.75) is 38.0 Å². The fraction of sp³-hybridized carbons (Fsp3) is 0.370. The van der Waals surface area contributed by atoms with E-state index in [0.717, 1.165) is 35.6 Å². The number of aromatic nitrogens is 4. The molecule has 4 aromatic rings. The molecular formula is C27H30Cl2N6O2S. The molecule has 0 radical (unpaired) electrons. The van der Waals surface area contributed by atoms with Crippen LogP contribution in [0.3, 0.4) is 0 Å². The summed E-state index contributed by atoms with van der Waals surface area (Å²) in [5.74, 6) is 2.05. The lowest BCUT2D eigenvalue weighted by atomic mass is 10.1. The van der Waals surface area contributed by atoms with Crippen LogP contribution in [0.1, 0.15) is 32.5 Å². The van der Waals surface area contributed by atoms with E-state index in [4.69, 9.17) is 33.2 Å². The largest absolute Gasteiger partial charge is 0.355 e. The molecule has 1 saturated heterocycles. The van der Waals surface area contributed by atoms with Crippen LogP contribution < -0.4 is 4.90 Å². The monoisotopic (exact) mass is 572 g/mol. The van der Waals surface area contributed by atoms with Gasteiger partial charge in [0.05, 0.1) is 22.2 Å². The van der Waals surface area contributed by atoms with Gasteiger partial charge in [-0.3, -0.25) is 0 Å². The van der Waals surface area contributed by atoms with E-state index in [1.165, 1.54) is 0 Å². The van der Waals surface area contributed by atoms with E-state index in [2.05, 4.69) is 23.8 Å². The molecule has 5 rings (SSSR count). The molecule has 2 aromatic carbocycles. The van der Waals surface area contributed by atoms with Crippen molar-refractivity contribution in [3.8, 4) is 5.69 Å². The van der Waals surface area contributed by atoms with E-state index in [1.54, 1.807) is 39.4 Å². The molecule has 3 heterocycles. The Kier molecular flexibility index (Phi) is 7.90. The summed E-state index contributed by atoms with van der Waals surface area (Å²) in [4.78, 5) is 12.3. The third-order valence-corrected chi connectivity index (χ3v) is 9.06. The average Bonchev–Trinajstić information content (AvgIpc) is 3.15. The minimum atomic E-state index is -3.63. The summed E-state index contributed by atoms with van der Waals surface area (Å²) in [6, 6.07) is 13.8. The van der Waals surface area contributed by atoms with Crippen molar-refractivity contribution in [1.82, 2.24) is 24.1 Å². The molecule has 2 aromatic heterocycles. The fourth-order valence-electron chi connectivity index (χ4n) is 4.61. The zero-order valence-corrected chi connectivity index (χ0v) is 23.7. The average molecular weight is 574 g/mol. The van der Waals surface area contributed by atoms with Crippen molar-refractivity contribution in [2.75, 3.05) is 31.1 Å². The van der Waals surface area contributed by atoms with E-state index in [1.807, 2.05) is 24.3 Å². The Bertz CT molecular complexity index is 1540. The van der Waals surface area contributed by atoms with Gasteiger partial charge in [0.2, 0.25) is 10.0 Å². The summed E-state index contributed by atoms with van der Waals surface area (Å²) in [7, 11) is -3.63. The molecule has 38 heavy (non-hydrogen) atoms. The van der Waals surface area contributed by atoms with Gasteiger partial charge in [0, 0.05) is 42.6 Å². The van der Waals surface area contributed by atoms with Gasteiger partial charge in [-0.05, 0) is 61.2 Å². The first-order valence-electron chi connectivity index (χ1n) is 12.7. The predicted molar refractivity (Wildman–Crippen MR) is 152 cm³/mol. The third-order valence-electron chi connectivity index (χ3n) is 6.66. The summed E-state index contributed by atoms with van der Waals surface area (Å²) >= 11 is 12.2. The summed E-state index contributed by atoms with van der Waals surface area (Å²) < 4.78 is 30.0. The summed E-state index contributed by atoms with van der Waals surface area (Å²) in [5, 5.41) is 6.59. The standard InChI is InChI=1S/C27H30Cl2N6O2S/c1-19(2)7-12-25-31-26(24-18-30-35(27(24)32-25)22-6-3-5-21(29)17-22)33-13-4-14-34(16-15-33)38(36,37)23-10-8-20(28)9-11-23/h3,5-6,8-11,17-19H,4,7,12-16H2,1-2H3. The highest BCUT2D eigenvalue weighted by atomic mass is 35.5. The van der Waals surface area contributed by atoms with Crippen LogP contribution in [0.5, 0.6) is 0 Å². The number of anilines is 1. The Hall–Kier alpha value is -2.72. The topological polar surface area (TPSA) is 84.2 Å². The number of rotatable bonds is 7. The maximum absolute atomic E-state index is 13.3. The second-order valence-corrected chi connectivity index (χ2v) is 12.7. The molecule has 11 heteroatoms. The molecule has 0 amide bonds. The number of benzene rings is 2. The second-order valence-electron chi connectivity index (χ2n) is 9.87. The maximum atomic E-state index is 13.3. The van der Waals surface area contributed by atoms with Crippen LogP contribution in [0.4, 0.5) is 5.82 Å². The van der Waals surface area contributed by atoms with Gasteiger partial charge in [-0.25, -0.2) is 23.1 Å². The number of hydrogen-bond donors (Lipinski definition) is 0. The number of halogens is 2. The molecule has 0 bridgehead atoms. The third kappa shape index (κ3) is 5.66. The molecule has 1 fully saturated rings. The van der Waals surface area contributed by atoms with Crippen molar-refractivity contribution in [2.24, 2.45) is 5.92 Å². The number of nitrogens with zero attached hydrogens (tertiary/aromatic N) is 6. The van der Waals surface area contributed by atoms with Gasteiger partial charge in [0.25, 0.3) is 0 Å². The van der Waals surface area contributed by atoms with Gasteiger partial charge in [-0.15, -0.1) is 0 Å². The minimum absolute atomic E-state index is 0.249. The molecule has 0 unspecified atom stereocenters. The van der Waals surface area contributed by atoms with E-state index in [0.29, 0.717) is 54.2 Å². The van der Waals surface area contributed by atoms with E-state index >= 15 is 0 Å². The number of fused-ring (bicyclic) bond motifs is 1. The Morgan fingerprint density at radius 1 is 0.947 bits per heavy atom. The highest BCUT2D eigenvalue weighted by Crippen LogP contribution is 2.29. The van der Waals surface area contributed by atoms with Gasteiger partial charge in [0.15, 0.2) is 5.65 Å². The van der Waals surface area contributed by atoms with Crippen LogP contribution >= 0.6 is 23.2 Å². The Morgan fingerprint density at radius 2 is 1.74 bits per heavy atom. The first-order valence-corrected chi connectivity index (χ1v) is 14.9. The van der Waals surface area contributed by atoms with Crippen molar-refractivity contribution in [1.29, 1.82) is 0 Å². The minimum Gasteiger partial charge on any atom is -0.355 e. The molecule has 1 aliphatic heterocycles. The first kappa shape index (κ1) is 26.9. The van der Waals surface area contributed by atoms with Crippen LogP contribution in [0.15, 0.2) is 59.6 Å². The highest BCUT2D eigenvalue weighted by Gasteiger charge is 2.28. The van der Waals surface area contributed by atoms with Gasteiger partial charge in [0.1, 0.15) is 11.6 Å². The van der Waals surface area contributed by atoms with Gasteiger partial charge < -0.3 is 4.90 Å². The highest BCUT2D eigenvalue weighted by molar-refractivity contribution is 7.89.